The molecule has 1 aromatic heterocycles. The molecule has 0 aromatic carbocycles. The molecule has 1 atom stereocenters. The fourth-order valence-electron chi connectivity index (χ4n) is 2.30. The maximum Gasteiger partial charge on any atom is 0.131 e. The summed E-state index contributed by atoms with van der Waals surface area (Å²) in [7, 11) is 4.32. The SMILES string of the molecule is Cc1cc(Br)cnc1N(C)C1CCN(C)C1. The molecule has 0 aliphatic carbocycles. The minimum Gasteiger partial charge on any atom is -0.355 e. The van der Waals surface area contributed by atoms with E-state index in [1.807, 2.05) is 6.20 Å². The number of rotatable bonds is 2. The van der Waals surface area contributed by atoms with Crippen molar-refractivity contribution in [2.45, 2.75) is 19.4 Å². The summed E-state index contributed by atoms with van der Waals surface area (Å²) in [6.45, 7) is 4.43. The molecule has 88 valence electrons. The van der Waals surface area contributed by atoms with Crippen molar-refractivity contribution in [2.75, 3.05) is 32.1 Å². The molecule has 0 radical (unpaired) electrons. The molecule has 1 aliphatic rings. The van der Waals surface area contributed by atoms with E-state index in [0.29, 0.717) is 6.04 Å². The maximum atomic E-state index is 4.51. The molecule has 0 N–H and O–H groups in total. The van der Waals surface area contributed by atoms with Crippen molar-refractivity contribution in [2.24, 2.45) is 0 Å². The lowest BCUT2D eigenvalue weighted by Gasteiger charge is -2.26. The van der Waals surface area contributed by atoms with E-state index in [4.69, 9.17) is 0 Å². The first-order valence-electron chi connectivity index (χ1n) is 5.61. The van der Waals surface area contributed by atoms with Crippen molar-refractivity contribution in [3.05, 3.63) is 22.3 Å². The van der Waals surface area contributed by atoms with Crippen LogP contribution >= 0.6 is 15.9 Å². The van der Waals surface area contributed by atoms with Crippen molar-refractivity contribution < 1.29 is 0 Å². The lowest BCUT2D eigenvalue weighted by atomic mass is 10.2. The quantitative estimate of drug-likeness (QED) is 0.830. The molecule has 1 saturated heterocycles. The summed E-state index contributed by atoms with van der Waals surface area (Å²) in [5, 5.41) is 0. The lowest BCUT2D eigenvalue weighted by Crippen LogP contribution is -2.34. The number of likely N-dealkylation sites (tertiary alicyclic amines) is 1. The Balaban J connectivity index is 2.17. The Morgan fingerprint density at radius 2 is 2.31 bits per heavy atom. The molecule has 4 heteroatoms. The highest BCUT2D eigenvalue weighted by Gasteiger charge is 2.24. The second-order valence-electron chi connectivity index (χ2n) is 4.61. The Morgan fingerprint density at radius 3 is 2.88 bits per heavy atom. The zero-order chi connectivity index (χ0) is 11.7. The fourth-order valence-corrected chi connectivity index (χ4v) is 2.75. The van der Waals surface area contributed by atoms with E-state index in [-0.39, 0.29) is 0 Å². The standard InChI is InChI=1S/C12H18BrN3/c1-9-6-10(13)7-14-12(9)16(3)11-4-5-15(2)8-11/h6-7,11H,4-5,8H2,1-3H3. The van der Waals surface area contributed by atoms with E-state index in [1.54, 1.807) is 0 Å². The molecule has 1 unspecified atom stereocenters. The molecule has 0 amide bonds. The van der Waals surface area contributed by atoms with Crippen molar-refractivity contribution in [1.29, 1.82) is 0 Å². The molecule has 1 aliphatic heterocycles. The van der Waals surface area contributed by atoms with Gasteiger partial charge >= 0.3 is 0 Å². The van der Waals surface area contributed by atoms with E-state index in [9.17, 15) is 0 Å². The van der Waals surface area contributed by atoms with Gasteiger partial charge in [0.2, 0.25) is 0 Å². The highest BCUT2D eigenvalue weighted by molar-refractivity contribution is 9.10. The summed E-state index contributed by atoms with van der Waals surface area (Å²) in [6.07, 6.45) is 3.10. The van der Waals surface area contributed by atoms with Gasteiger partial charge in [0.05, 0.1) is 0 Å². The number of aryl methyl sites for hydroxylation is 1. The second-order valence-corrected chi connectivity index (χ2v) is 5.53. The molecule has 1 aromatic rings. The normalized spacial score (nSPS) is 21.4. The van der Waals surface area contributed by atoms with E-state index < -0.39 is 0 Å². The highest BCUT2D eigenvalue weighted by Crippen LogP contribution is 2.24. The van der Waals surface area contributed by atoms with Gasteiger partial charge in [-0.3, -0.25) is 0 Å². The Morgan fingerprint density at radius 1 is 1.56 bits per heavy atom. The third kappa shape index (κ3) is 2.38. The van der Waals surface area contributed by atoms with Crippen LogP contribution in [0.4, 0.5) is 5.82 Å². The first-order valence-corrected chi connectivity index (χ1v) is 6.40. The minimum atomic E-state index is 0.595. The van der Waals surface area contributed by atoms with E-state index in [1.165, 1.54) is 18.5 Å². The van der Waals surface area contributed by atoms with Crippen LogP contribution < -0.4 is 4.90 Å². The molecule has 0 spiro atoms. The summed E-state index contributed by atoms with van der Waals surface area (Å²) in [6, 6.07) is 2.72. The van der Waals surface area contributed by atoms with Gasteiger partial charge in [-0.15, -0.1) is 0 Å². The van der Waals surface area contributed by atoms with Crippen LogP contribution in [-0.2, 0) is 0 Å². The van der Waals surface area contributed by atoms with Crippen LogP contribution in [0.2, 0.25) is 0 Å². The number of pyridine rings is 1. The second kappa shape index (κ2) is 4.72. The van der Waals surface area contributed by atoms with Crippen LogP contribution in [0.1, 0.15) is 12.0 Å². The van der Waals surface area contributed by atoms with Crippen LogP contribution in [0.15, 0.2) is 16.7 Å². The average Bonchev–Trinajstić information content (AvgIpc) is 2.64. The summed E-state index contributed by atoms with van der Waals surface area (Å²) >= 11 is 3.45. The number of hydrogen-bond acceptors (Lipinski definition) is 3. The highest BCUT2D eigenvalue weighted by atomic mass is 79.9. The molecule has 2 rings (SSSR count). The smallest absolute Gasteiger partial charge is 0.131 e. The predicted octanol–water partition coefficient (Wildman–Crippen LogP) is 2.29. The number of anilines is 1. The van der Waals surface area contributed by atoms with E-state index in [0.717, 1.165) is 16.8 Å². The average molecular weight is 284 g/mol. The number of nitrogens with zero attached hydrogens (tertiary/aromatic N) is 3. The molecule has 16 heavy (non-hydrogen) atoms. The third-order valence-corrected chi connectivity index (χ3v) is 3.70. The van der Waals surface area contributed by atoms with Crippen LogP contribution in [-0.4, -0.2) is 43.1 Å². The van der Waals surface area contributed by atoms with Crippen LogP contribution in [0, 0.1) is 6.92 Å². The summed E-state index contributed by atoms with van der Waals surface area (Å²) in [5.41, 5.74) is 1.23. The van der Waals surface area contributed by atoms with Crippen molar-refractivity contribution in [1.82, 2.24) is 9.88 Å². The van der Waals surface area contributed by atoms with Crippen molar-refractivity contribution in [3.63, 3.8) is 0 Å². The fraction of sp³-hybridized carbons (Fsp3) is 0.583. The van der Waals surface area contributed by atoms with Crippen LogP contribution in [0.5, 0.6) is 0 Å². The Kier molecular flexibility index (Phi) is 3.50. The largest absolute Gasteiger partial charge is 0.355 e. The zero-order valence-electron chi connectivity index (χ0n) is 10.1. The van der Waals surface area contributed by atoms with Gasteiger partial charge in [0, 0.05) is 30.3 Å². The molecule has 1 fully saturated rings. The zero-order valence-corrected chi connectivity index (χ0v) is 11.7. The van der Waals surface area contributed by atoms with Gasteiger partial charge in [-0.05, 0) is 54.5 Å². The first-order chi connectivity index (χ1) is 7.58. The number of hydrogen-bond donors (Lipinski definition) is 0. The van der Waals surface area contributed by atoms with Gasteiger partial charge in [-0.2, -0.15) is 0 Å². The maximum absolute atomic E-state index is 4.51. The van der Waals surface area contributed by atoms with Gasteiger partial charge < -0.3 is 9.80 Å². The molecule has 2 heterocycles. The van der Waals surface area contributed by atoms with Gasteiger partial charge in [0.1, 0.15) is 5.82 Å². The van der Waals surface area contributed by atoms with Gasteiger partial charge in [-0.1, -0.05) is 0 Å². The van der Waals surface area contributed by atoms with Crippen molar-refractivity contribution in [3.8, 4) is 0 Å². The van der Waals surface area contributed by atoms with Gasteiger partial charge in [-0.25, -0.2) is 4.98 Å². The summed E-state index contributed by atoms with van der Waals surface area (Å²) < 4.78 is 1.05. The predicted molar refractivity (Wildman–Crippen MR) is 71.0 cm³/mol. The Hall–Kier alpha value is -0.610. The van der Waals surface area contributed by atoms with Crippen molar-refractivity contribution >= 4 is 21.7 Å². The van der Waals surface area contributed by atoms with E-state index in [2.05, 4.69) is 57.8 Å². The molecular weight excluding hydrogens is 266 g/mol. The Labute approximate surface area is 106 Å². The molecule has 3 nitrogen and oxygen atoms in total. The number of aromatic nitrogens is 1. The Bertz CT molecular complexity index is 381. The minimum absolute atomic E-state index is 0.595. The lowest BCUT2D eigenvalue weighted by molar-refractivity contribution is 0.409. The molecule has 0 saturated carbocycles. The van der Waals surface area contributed by atoms with Crippen LogP contribution in [0.3, 0.4) is 0 Å². The van der Waals surface area contributed by atoms with Crippen LogP contribution in [0.25, 0.3) is 0 Å². The van der Waals surface area contributed by atoms with E-state index >= 15 is 0 Å². The number of halogens is 1. The topological polar surface area (TPSA) is 19.4 Å². The monoisotopic (exact) mass is 283 g/mol. The summed E-state index contributed by atoms with van der Waals surface area (Å²) in [5.74, 6) is 1.10. The number of likely N-dealkylation sites (N-methyl/N-ethyl adjacent to an activating group) is 2. The first kappa shape index (κ1) is 11.9. The molecule has 0 bridgehead atoms. The summed E-state index contributed by atoms with van der Waals surface area (Å²) in [4.78, 5) is 9.19. The van der Waals surface area contributed by atoms with Gasteiger partial charge in [0.25, 0.3) is 0 Å². The van der Waals surface area contributed by atoms with Gasteiger partial charge in [0.15, 0.2) is 0 Å². The third-order valence-electron chi connectivity index (χ3n) is 3.27. The molecular formula is C12H18BrN3.